The molecule has 0 fully saturated rings. The molecule has 0 spiro atoms. The molecule has 0 saturated heterocycles. The second kappa shape index (κ2) is 5.24. The van der Waals surface area contributed by atoms with Gasteiger partial charge in [0, 0.05) is 17.1 Å². The van der Waals surface area contributed by atoms with Gasteiger partial charge in [-0.1, -0.05) is 45.9 Å². The van der Waals surface area contributed by atoms with Crippen LogP contribution in [0.2, 0.25) is 0 Å². The third-order valence-electron chi connectivity index (χ3n) is 3.91. The summed E-state index contributed by atoms with van der Waals surface area (Å²) in [4.78, 5) is 0. The summed E-state index contributed by atoms with van der Waals surface area (Å²) in [6.07, 6.45) is 0. The van der Waals surface area contributed by atoms with Gasteiger partial charge in [0.15, 0.2) is 0 Å². The number of rotatable bonds is 3. The molecule has 1 aromatic heterocycles. The molecule has 0 bridgehead atoms. The Hall–Kier alpha value is -1.50. The Morgan fingerprint density at radius 2 is 1.16 bits per heavy atom. The van der Waals surface area contributed by atoms with Crippen LogP contribution in [0, 0.1) is 13.8 Å². The van der Waals surface area contributed by atoms with Crippen LogP contribution in [-0.4, -0.2) is 4.57 Å². The zero-order chi connectivity index (χ0) is 14.2. The van der Waals surface area contributed by atoms with Crippen LogP contribution in [0.4, 0.5) is 0 Å². The van der Waals surface area contributed by atoms with Gasteiger partial charge in [-0.3, -0.25) is 0 Å². The lowest BCUT2D eigenvalue weighted by Crippen LogP contribution is -1.99. The Kier molecular flexibility index (Phi) is 3.84. The zero-order valence-electron chi connectivity index (χ0n) is 13.0. The Morgan fingerprint density at radius 1 is 0.737 bits per heavy atom. The van der Waals surface area contributed by atoms with Crippen LogP contribution in [0.3, 0.4) is 0 Å². The summed E-state index contributed by atoms with van der Waals surface area (Å²) in [5.74, 6) is 1.14. The zero-order valence-corrected chi connectivity index (χ0v) is 13.0. The molecule has 102 valence electrons. The van der Waals surface area contributed by atoms with Crippen molar-refractivity contribution in [3.8, 4) is 5.69 Å². The number of nitrogens with zero attached hydrogens (tertiary/aromatic N) is 1. The lowest BCUT2D eigenvalue weighted by molar-refractivity contribution is 0.789. The summed E-state index contributed by atoms with van der Waals surface area (Å²) in [7, 11) is 0. The minimum Gasteiger partial charge on any atom is -0.318 e. The van der Waals surface area contributed by atoms with Gasteiger partial charge in [-0.25, -0.2) is 0 Å². The van der Waals surface area contributed by atoms with E-state index in [2.05, 4.69) is 76.4 Å². The normalized spacial score (nSPS) is 11.6. The van der Waals surface area contributed by atoms with Crippen molar-refractivity contribution in [1.29, 1.82) is 0 Å². The summed E-state index contributed by atoms with van der Waals surface area (Å²) in [5.41, 5.74) is 7.10. The molecule has 0 atom stereocenters. The summed E-state index contributed by atoms with van der Waals surface area (Å²) in [6.45, 7) is 13.7. The molecule has 2 rings (SSSR count). The molecule has 0 saturated carbocycles. The molecule has 0 radical (unpaired) electrons. The van der Waals surface area contributed by atoms with Gasteiger partial charge in [0.25, 0.3) is 0 Å². The molecule has 0 amide bonds. The minimum atomic E-state index is 0.570. The summed E-state index contributed by atoms with van der Waals surface area (Å²) >= 11 is 0. The van der Waals surface area contributed by atoms with Gasteiger partial charge in [0.2, 0.25) is 0 Å². The lowest BCUT2D eigenvalue weighted by Gasteiger charge is -2.12. The molecule has 0 N–H and O–H groups in total. The first kappa shape index (κ1) is 13.9. The first-order valence-corrected chi connectivity index (χ1v) is 7.22. The summed E-state index contributed by atoms with van der Waals surface area (Å²) in [5, 5.41) is 0. The summed E-state index contributed by atoms with van der Waals surface area (Å²) in [6, 6.07) is 10.7. The van der Waals surface area contributed by atoms with Gasteiger partial charge >= 0.3 is 0 Å². The van der Waals surface area contributed by atoms with Gasteiger partial charge in [-0.15, -0.1) is 0 Å². The number of hydrogen-bond donors (Lipinski definition) is 0. The van der Waals surface area contributed by atoms with E-state index in [1.54, 1.807) is 0 Å². The van der Waals surface area contributed by atoms with Gasteiger partial charge in [0.1, 0.15) is 0 Å². The summed E-state index contributed by atoms with van der Waals surface area (Å²) < 4.78 is 2.41. The maximum atomic E-state index is 2.41. The molecule has 2 aromatic rings. The van der Waals surface area contributed by atoms with Gasteiger partial charge < -0.3 is 4.57 Å². The number of benzene rings is 1. The molecular formula is C18H25N. The van der Waals surface area contributed by atoms with E-state index < -0.39 is 0 Å². The predicted molar refractivity (Wildman–Crippen MR) is 83.4 cm³/mol. The molecule has 1 nitrogen and oxygen atoms in total. The lowest BCUT2D eigenvalue weighted by atomic mass is 9.91. The highest BCUT2D eigenvalue weighted by Gasteiger charge is 2.22. The van der Waals surface area contributed by atoms with Crippen LogP contribution < -0.4 is 0 Å². The molecule has 0 aliphatic heterocycles. The Labute approximate surface area is 117 Å². The Balaban J connectivity index is 2.74. The van der Waals surface area contributed by atoms with Crippen molar-refractivity contribution in [2.45, 2.75) is 53.4 Å². The van der Waals surface area contributed by atoms with Crippen molar-refractivity contribution in [3.63, 3.8) is 0 Å². The third-order valence-corrected chi connectivity index (χ3v) is 3.91. The van der Waals surface area contributed by atoms with Crippen LogP contribution in [0.15, 0.2) is 30.3 Å². The average Bonchev–Trinajstić information content (AvgIpc) is 2.62. The highest BCUT2D eigenvalue weighted by Crippen LogP contribution is 2.35. The number of para-hydroxylation sites is 1. The van der Waals surface area contributed by atoms with Crippen LogP contribution in [0.25, 0.3) is 5.69 Å². The van der Waals surface area contributed by atoms with Crippen molar-refractivity contribution in [2.75, 3.05) is 0 Å². The molecule has 1 heteroatoms. The fraction of sp³-hybridized carbons (Fsp3) is 0.444. The smallest absolute Gasteiger partial charge is 0.0455 e. The second-order valence-corrected chi connectivity index (χ2v) is 5.98. The topological polar surface area (TPSA) is 4.93 Å². The SMILES string of the molecule is Cc1c(C(C)C)c(C(C)C)c(C)n1-c1ccccc1. The van der Waals surface area contributed by atoms with E-state index in [-0.39, 0.29) is 0 Å². The fourth-order valence-electron chi connectivity index (χ4n) is 3.30. The molecule has 1 heterocycles. The quantitative estimate of drug-likeness (QED) is 0.697. The van der Waals surface area contributed by atoms with Crippen LogP contribution in [-0.2, 0) is 0 Å². The highest BCUT2D eigenvalue weighted by atomic mass is 15.0. The van der Waals surface area contributed by atoms with Gasteiger partial charge in [-0.2, -0.15) is 0 Å². The molecule has 0 unspecified atom stereocenters. The Morgan fingerprint density at radius 3 is 1.53 bits per heavy atom. The molecular weight excluding hydrogens is 230 g/mol. The standard InChI is InChI=1S/C18H25N/c1-12(2)17-14(5)19(15(6)18(17)13(3)4)16-10-8-7-9-11-16/h7-13H,1-6H3. The van der Waals surface area contributed by atoms with Crippen molar-refractivity contribution < 1.29 is 0 Å². The average molecular weight is 255 g/mol. The van der Waals surface area contributed by atoms with E-state index in [1.807, 2.05) is 0 Å². The molecule has 0 aliphatic rings. The first-order chi connectivity index (χ1) is 8.95. The van der Waals surface area contributed by atoms with Gasteiger partial charge in [-0.05, 0) is 48.9 Å². The maximum Gasteiger partial charge on any atom is 0.0455 e. The molecule has 0 aliphatic carbocycles. The largest absolute Gasteiger partial charge is 0.318 e. The highest BCUT2D eigenvalue weighted by molar-refractivity contribution is 5.48. The minimum absolute atomic E-state index is 0.570. The number of aromatic nitrogens is 1. The Bertz CT molecular complexity index is 528. The van der Waals surface area contributed by atoms with Crippen molar-refractivity contribution in [3.05, 3.63) is 52.8 Å². The van der Waals surface area contributed by atoms with E-state index >= 15 is 0 Å². The van der Waals surface area contributed by atoms with E-state index in [0.29, 0.717) is 11.8 Å². The number of hydrogen-bond acceptors (Lipinski definition) is 0. The van der Waals surface area contributed by atoms with E-state index in [0.717, 1.165) is 0 Å². The van der Waals surface area contributed by atoms with Crippen molar-refractivity contribution >= 4 is 0 Å². The monoisotopic (exact) mass is 255 g/mol. The molecule has 1 aromatic carbocycles. The van der Waals surface area contributed by atoms with Crippen molar-refractivity contribution in [1.82, 2.24) is 4.57 Å². The maximum absolute atomic E-state index is 2.41. The van der Waals surface area contributed by atoms with Crippen LogP contribution in [0.1, 0.15) is 62.0 Å². The van der Waals surface area contributed by atoms with Gasteiger partial charge in [0.05, 0.1) is 0 Å². The fourth-order valence-corrected chi connectivity index (χ4v) is 3.30. The van der Waals surface area contributed by atoms with Crippen LogP contribution in [0.5, 0.6) is 0 Å². The first-order valence-electron chi connectivity index (χ1n) is 7.22. The van der Waals surface area contributed by atoms with Crippen LogP contribution >= 0.6 is 0 Å². The van der Waals surface area contributed by atoms with E-state index in [9.17, 15) is 0 Å². The second-order valence-electron chi connectivity index (χ2n) is 5.98. The van der Waals surface area contributed by atoms with E-state index in [4.69, 9.17) is 0 Å². The molecule has 19 heavy (non-hydrogen) atoms. The van der Waals surface area contributed by atoms with E-state index in [1.165, 1.54) is 28.2 Å². The third kappa shape index (κ3) is 2.34. The van der Waals surface area contributed by atoms with Crippen molar-refractivity contribution in [2.24, 2.45) is 0 Å². The predicted octanol–water partition coefficient (Wildman–Crippen LogP) is 5.34.